The van der Waals surface area contributed by atoms with Crippen LogP contribution in [-0.4, -0.2) is 60.4 Å². The Hall–Kier alpha value is -1.40. The summed E-state index contributed by atoms with van der Waals surface area (Å²) in [5, 5.41) is 2.84. The molecule has 0 radical (unpaired) electrons. The van der Waals surface area contributed by atoms with Crippen LogP contribution in [-0.2, 0) is 0 Å². The van der Waals surface area contributed by atoms with Crippen molar-refractivity contribution >= 4 is 27.7 Å². The van der Waals surface area contributed by atoms with Crippen LogP contribution in [0.1, 0.15) is 10.4 Å². The molecule has 2 aliphatic heterocycles. The fourth-order valence-corrected chi connectivity index (χ4v) is 3.17. The number of carbonyl (C=O) groups excluding carboxylic acids is 2. The largest absolute Gasteiger partial charge is 0.336 e. The molecule has 1 aromatic rings. The minimum atomic E-state index is 0.0213. The van der Waals surface area contributed by atoms with Gasteiger partial charge in [-0.2, -0.15) is 0 Å². The molecule has 2 aliphatic rings. The van der Waals surface area contributed by atoms with Crippen LogP contribution in [0.15, 0.2) is 28.7 Å². The van der Waals surface area contributed by atoms with Crippen molar-refractivity contribution in [1.29, 1.82) is 0 Å². The van der Waals surface area contributed by atoms with E-state index in [0.717, 1.165) is 23.1 Å². The first-order valence-corrected chi connectivity index (χ1v) is 7.48. The average molecular weight is 338 g/mol. The number of hydrogen-bond acceptors (Lipinski definition) is 3. The number of nitrogens with one attached hydrogen (secondary N) is 1. The Morgan fingerprint density at radius 3 is 3.05 bits per heavy atom. The normalized spacial score (nSPS) is 22.6. The standard InChI is InChI=1S/C14H16BrN3O2/c15-11-3-1-2-10(6-11)13(19)9-17-4-5-18-12(8-17)7-16-14(18)20/h1-3,6,12H,4-5,7-9H2,(H,16,20). The Morgan fingerprint density at radius 2 is 2.25 bits per heavy atom. The quantitative estimate of drug-likeness (QED) is 0.847. The van der Waals surface area contributed by atoms with E-state index in [1.165, 1.54) is 0 Å². The molecule has 0 aromatic heterocycles. The summed E-state index contributed by atoms with van der Waals surface area (Å²) in [6.07, 6.45) is 0. The fourth-order valence-electron chi connectivity index (χ4n) is 2.77. The highest BCUT2D eigenvalue weighted by Gasteiger charge is 2.35. The van der Waals surface area contributed by atoms with Crippen molar-refractivity contribution in [2.75, 3.05) is 32.7 Å². The first-order chi connectivity index (χ1) is 9.63. The molecular weight excluding hydrogens is 322 g/mol. The smallest absolute Gasteiger partial charge is 0.317 e. The highest BCUT2D eigenvalue weighted by molar-refractivity contribution is 9.10. The molecule has 0 saturated carbocycles. The Balaban J connectivity index is 1.61. The van der Waals surface area contributed by atoms with Crippen LogP contribution in [0, 0.1) is 0 Å². The van der Waals surface area contributed by atoms with Gasteiger partial charge in [-0.3, -0.25) is 9.69 Å². The lowest BCUT2D eigenvalue weighted by Gasteiger charge is -2.35. The number of amides is 2. The van der Waals surface area contributed by atoms with Crippen LogP contribution in [0.5, 0.6) is 0 Å². The van der Waals surface area contributed by atoms with Gasteiger partial charge < -0.3 is 10.2 Å². The molecule has 0 aliphatic carbocycles. The summed E-state index contributed by atoms with van der Waals surface area (Å²) in [7, 11) is 0. The maximum absolute atomic E-state index is 12.3. The molecule has 2 saturated heterocycles. The molecule has 6 heteroatoms. The summed E-state index contributed by atoms with van der Waals surface area (Å²) in [6, 6.07) is 7.68. The maximum Gasteiger partial charge on any atom is 0.317 e. The molecule has 1 atom stereocenters. The zero-order valence-corrected chi connectivity index (χ0v) is 12.6. The molecule has 2 heterocycles. The Labute approximate surface area is 126 Å². The van der Waals surface area contributed by atoms with E-state index in [2.05, 4.69) is 26.1 Å². The molecule has 1 N–H and O–H groups in total. The van der Waals surface area contributed by atoms with Gasteiger partial charge in [0.25, 0.3) is 0 Å². The van der Waals surface area contributed by atoms with E-state index in [1.807, 2.05) is 29.2 Å². The van der Waals surface area contributed by atoms with Gasteiger partial charge in [-0.15, -0.1) is 0 Å². The molecule has 20 heavy (non-hydrogen) atoms. The summed E-state index contributed by atoms with van der Waals surface area (Å²) >= 11 is 3.38. The van der Waals surface area contributed by atoms with Crippen LogP contribution < -0.4 is 5.32 Å². The number of nitrogens with zero attached hydrogens (tertiary/aromatic N) is 2. The second-order valence-corrected chi connectivity index (χ2v) is 6.12. The number of carbonyl (C=O) groups is 2. The zero-order valence-electron chi connectivity index (χ0n) is 11.0. The molecule has 106 valence electrons. The van der Waals surface area contributed by atoms with Gasteiger partial charge in [0.2, 0.25) is 0 Å². The lowest BCUT2D eigenvalue weighted by molar-refractivity contribution is 0.0838. The van der Waals surface area contributed by atoms with Crippen LogP contribution in [0.2, 0.25) is 0 Å². The van der Waals surface area contributed by atoms with Crippen LogP contribution in [0.25, 0.3) is 0 Å². The third kappa shape index (κ3) is 2.71. The van der Waals surface area contributed by atoms with Crippen molar-refractivity contribution in [3.05, 3.63) is 34.3 Å². The van der Waals surface area contributed by atoms with E-state index in [-0.39, 0.29) is 17.9 Å². The van der Waals surface area contributed by atoms with E-state index in [4.69, 9.17) is 0 Å². The molecule has 0 bridgehead atoms. The number of benzene rings is 1. The van der Waals surface area contributed by atoms with Gasteiger partial charge in [0.1, 0.15) is 0 Å². The topological polar surface area (TPSA) is 52.7 Å². The molecule has 2 fully saturated rings. The summed E-state index contributed by atoms with van der Waals surface area (Å²) in [5.74, 6) is 0.122. The monoisotopic (exact) mass is 337 g/mol. The van der Waals surface area contributed by atoms with E-state index in [0.29, 0.717) is 19.6 Å². The molecule has 3 rings (SSSR count). The predicted molar refractivity (Wildman–Crippen MR) is 78.8 cm³/mol. The Bertz CT molecular complexity index is 549. The van der Waals surface area contributed by atoms with E-state index < -0.39 is 0 Å². The van der Waals surface area contributed by atoms with E-state index in [1.54, 1.807) is 0 Å². The minimum absolute atomic E-state index is 0.0213. The highest BCUT2D eigenvalue weighted by atomic mass is 79.9. The average Bonchev–Trinajstić information content (AvgIpc) is 2.80. The summed E-state index contributed by atoms with van der Waals surface area (Å²) in [5.41, 5.74) is 0.724. The SMILES string of the molecule is O=C(CN1CCN2C(=O)NCC2C1)c1cccc(Br)c1. The van der Waals surface area contributed by atoms with Crippen molar-refractivity contribution in [3.8, 4) is 0 Å². The van der Waals surface area contributed by atoms with Crippen molar-refractivity contribution in [2.45, 2.75) is 6.04 Å². The number of ketones is 1. The summed E-state index contributed by atoms with van der Waals surface area (Å²) in [4.78, 5) is 27.8. The summed E-state index contributed by atoms with van der Waals surface area (Å²) in [6.45, 7) is 3.31. The van der Waals surface area contributed by atoms with Crippen molar-refractivity contribution in [2.24, 2.45) is 0 Å². The first kappa shape index (κ1) is 13.6. The third-order valence-corrected chi connectivity index (χ3v) is 4.32. The first-order valence-electron chi connectivity index (χ1n) is 6.69. The highest BCUT2D eigenvalue weighted by Crippen LogP contribution is 2.16. The second-order valence-electron chi connectivity index (χ2n) is 5.20. The van der Waals surface area contributed by atoms with Gasteiger partial charge in [0.15, 0.2) is 5.78 Å². The second kappa shape index (κ2) is 5.54. The Kier molecular flexibility index (Phi) is 3.76. The maximum atomic E-state index is 12.3. The van der Waals surface area contributed by atoms with Gasteiger partial charge in [0, 0.05) is 36.2 Å². The fraction of sp³-hybridized carbons (Fsp3) is 0.429. The third-order valence-electron chi connectivity index (χ3n) is 3.83. The van der Waals surface area contributed by atoms with Gasteiger partial charge in [0.05, 0.1) is 12.6 Å². The molecule has 5 nitrogen and oxygen atoms in total. The van der Waals surface area contributed by atoms with Gasteiger partial charge in [-0.25, -0.2) is 4.79 Å². The summed E-state index contributed by atoms with van der Waals surface area (Å²) < 4.78 is 0.916. The van der Waals surface area contributed by atoms with Gasteiger partial charge in [-0.05, 0) is 12.1 Å². The molecule has 1 unspecified atom stereocenters. The van der Waals surface area contributed by atoms with Crippen molar-refractivity contribution in [1.82, 2.24) is 15.1 Å². The Morgan fingerprint density at radius 1 is 1.40 bits per heavy atom. The van der Waals surface area contributed by atoms with Crippen LogP contribution >= 0.6 is 15.9 Å². The number of piperazine rings is 1. The minimum Gasteiger partial charge on any atom is -0.336 e. The zero-order chi connectivity index (χ0) is 14.1. The van der Waals surface area contributed by atoms with E-state index in [9.17, 15) is 9.59 Å². The molecule has 0 spiro atoms. The number of Topliss-reactive ketones (excluding diaryl/α,β-unsaturated/α-hetero) is 1. The van der Waals surface area contributed by atoms with Crippen molar-refractivity contribution in [3.63, 3.8) is 0 Å². The van der Waals surface area contributed by atoms with Gasteiger partial charge >= 0.3 is 6.03 Å². The molecular formula is C14H16BrN3O2. The lowest BCUT2D eigenvalue weighted by Crippen LogP contribution is -2.53. The van der Waals surface area contributed by atoms with Crippen LogP contribution in [0.3, 0.4) is 0 Å². The number of rotatable bonds is 3. The van der Waals surface area contributed by atoms with Gasteiger partial charge in [-0.1, -0.05) is 28.1 Å². The van der Waals surface area contributed by atoms with Crippen molar-refractivity contribution < 1.29 is 9.59 Å². The van der Waals surface area contributed by atoms with E-state index >= 15 is 0 Å². The molecule has 1 aromatic carbocycles. The predicted octanol–water partition coefficient (Wildman–Crippen LogP) is 1.34. The number of fused-ring (bicyclic) bond motifs is 1. The number of urea groups is 1. The number of halogens is 1. The number of hydrogen-bond donors (Lipinski definition) is 1. The molecule has 2 amide bonds. The van der Waals surface area contributed by atoms with Crippen LogP contribution in [0.4, 0.5) is 4.79 Å². The lowest BCUT2D eigenvalue weighted by atomic mass is 10.1.